The van der Waals surface area contributed by atoms with Gasteiger partial charge in [0.1, 0.15) is 0 Å². The van der Waals surface area contributed by atoms with Gasteiger partial charge in [0, 0.05) is 21.8 Å². The molecule has 2 aromatic carbocycles. The van der Waals surface area contributed by atoms with Crippen LogP contribution >= 0.6 is 15.9 Å². The highest BCUT2D eigenvalue weighted by Gasteiger charge is 2.20. The molecule has 118 valence electrons. The average molecular weight is 381 g/mol. The fourth-order valence-corrected chi connectivity index (χ4v) is 3.06. The molecule has 1 aliphatic heterocycles. The van der Waals surface area contributed by atoms with Crippen LogP contribution in [-0.2, 0) is 11.2 Å². The fourth-order valence-electron chi connectivity index (χ4n) is 2.68. The third-order valence-corrected chi connectivity index (χ3v) is 4.48. The van der Waals surface area contributed by atoms with Crippen LogP contribution in [0.3, 0.4) is 0 Å². The predicted molar refractivity (Wildman–Crippen MR) is 97.2 cm³/mol. The molecular formula is C18H13BrN4O. The average Bonchev–Trinajstić information content (AvgIpc) is 2.72. The van der Waals surface area contributed by atoms with E-state index in [-0.39, 0.29) is 12.3 Å². The highest BCUT2D eigenvalue weighted by atomic mass is 79.9. The van der Waals surface area contributed by atoms with Crippen LogP contribution in [-0.4, -0.2) is 15.9 Å². The quantitative estimate of drug-likeness (QED) is 0.700. The molecule has 0 saturated carbocycles. The molecule has 1 aromatic heterocycles. The number of benzene rings is 2. The van der Waals surface area contributed by atoms with Gasteiger partial charge >= 0.3 is 0 Å². The number of para-hydroxylation sites is 2. The third-order valence-electron chi connectivity index (χ3n) is 3.79. The van der Waals surface area contributed by atoms with Gasteiger partial charge in [0.25, 0.3) is 0 Å². The summed E-state index contributed by atoms with van der Waals surface area (Å²) in [7, 11) is 0. The molecule has 1 amide bonds. The number of carbonyl (C=O) groups excluding carboxylic acids is 1. The Morgan fingerprint density at radius 2 is 1.88 bits per heavy atom. The maximum absolute atomic E-state index is 12.0. The van der Waals surface area contributed by atoms with Crippen LogP contribution in [0.5, 0.6) is 0 Å². The lowest BCUT2D eigenvalue weighted by Gasteiger charge is -2.11. The number of carbonyl (C=O) groups is 1. The Hall–Kier alpha value is -2.73. The van der Waals surface area contributed by atoms with Gasteiger partial charge in [0.05, 0.1) is 23.5 Å². The van der Waals surface area contributed by atoms with E-state index in [1.54, 1.807) is 6.20 Å². The van der Waals surface area contributed by atoms with Crippen molar-refractivity contribution in [1.29, 1.82) is 0 Å². The standard InChI is InChI=1S/C18H13BrN4O/c19-13-6-2-4-8-15(13)22-18-20-10-11-9-16(24)21-14-7-3-1-5-12(14)17(11)23-18/h1-8,10H,9H2,(H,21,24)(H,20,22,23). The molecule has 24 heavy (non-hydrogen) atoms. The minimum Gasteiger partial charge on any atom is -0.325 e. The van der Waals surface area contributed by atoms with E-state index in [9.17, 15) is 4.79 Å². The summed E-state index contributed by atoms with van der Waals surface area (Å²) in [5.74, 6) is 0.432. The van der Waals surface area contributed by atoms with Gasteiger partial charge in [-0.05, 0) is 34.1 Å². The van der Waals surface area contributed by atoms with Crippen molar-refractivity contribution < 1.29 is 4.79 Å². The predicted octanol–water partition coefficient (Wildman–Crippen LogP) is 4.14. The highest BCUT2D eigenvalue weighted by molar-refractivity contribution is 9.10. The van der Waals surface area contributed by atoms with Gasteiger partial charge in [-0.25, -0.2) is 9.97 Å². The van der Waals surface area contributed by atoms with Crippen molar-refractivity contribution >= 4 is 39.2 Å². The van der Waals surface area contributed by atoms with Crippen molar-refractivity contribution in [1.82, 2.24) is 9.97 Å². The molecule has 6 heteroatoms. The Kier molecular flexibility index (Phi) is 3.74. The van der Waals surface area contributed by atoms with Crippen molar-refractivity contribution in [3.05, 3.63) is 64.8 Å². The minimum absolute atomic E-state index is 0.0590. The first-order valence-corrected chi connectivity index (χ1v) is 8.27. The molecule has 5 nitrogen and oxygen atoms in total. The number of fused-ring (bicyclic) bond motifs is 3. The first-order chi connectivity index (χ1) is 11.7. The summed E-state index contributed by atoms with van der Waals surface area (Å²) >= 11 is 3.50. The summed E-state index contributed by atoms with van der Waals surface area (Å²) in [5.41, 5.74) is 4.14. The van der Waals surface area contributed by atoms with Crippen LogP contribution in [0.1, 0.15) is 5.56 Å². The number of nitrogens with one attached hydrogen (secondary N) is 2. The summed E-state index contributed by atoms with van der Waals surface area (Å²) in [6, 6.07) is 15.4. The van der Waals surface area contributed by atoms with Crippen molar-refractivity contribution in [2.45, 2.75) is 6.42 Å². The smallest absolute Gasteiger partial charge is 0.228 e. The number of halogens is 1. The molecule has 0 saturated heterocycles. The Balaban J connectivity index is 1.79. The second kappa shape index (κ2) is 6.05. The SMILES string of the molecule is O=C1Cc2cnc(Nc3ccccc3Br)nc2-c2ccccc2N1. The second-order valence-corrected chi connectivity index (χ2v) is 6.30. The number of hydrogen-bond donors (Lipinski definition) is 2. The van der Waals surface area contributed by atoms with Crippen LogP contribution in [0.15, 0.2) is 59.2 Å². The number of hydrogen-bond acceptors (Lipinski definition) is 4. The van der Waals surface area contributed by atoms with Gasteiger partial charge in [0.15, 0.2) is 0 Å². The lowest BCUT2D eigenvalue weighted by molar-refractivity contribution is -0.115. The monoisotopic (exact) mass is 380 g/mol. The Bertz CT molecular complexity index is 942. The molecule has 0 atom stereocenters. The second-order valence-electron chi connectivity index (χ2n) is 5.44. The van der Waals surface area contributed by atoms with E-state index in [0.717, 1.165) is 32.7 Å². The van der Waals surface area contributed by atoms with Crippen molar-refractivity contribution in [3.8, 4) is 11.3 Å². The van der Waals surface area contributed by atoms with Crippen molar-refractivity contribution in [3.63, 3.8) is 0 Å². The molecule has 4 rings (SSSR count). The summed E-state index contributed by atoms with van der Waals surface area (Å²) in [5, 5.41) is 6.12. The Labute approximate surface area is 147 Å². The molecule has 2 heterocycles. The number of amides is 1. The van der Waals surface area contributed by atoms with Crippen molar-refractivity contribution in [2.75, 3.05) is 10.6 Å². The molecule has 0 aliphatic carbocycles. The number of aromatic nitrogens is 2. The van der Waals surface area contributed by atoms with Gasteiger partial charge in [-0.2, -0.15) is 0 Å². The first-order valence-electron chi connectivity index (χ1n) is 7.47. The van der Waals surface area contributed by atoms with Gasteiger partial charge in [-0.15, -0.1) is 0 Å². The van der Waals surface area contributed by atoms with Crippen LogP contribution in [0, 0.1) is 0 Å². The Morgan fingerprint density at radius 3 is 2.75 bits per heavy atom. The lowest BCUT2D eigenvalue weighted by atomic mass is 10.1. The number of nitrogens with zero attached hydrogens (tertiary/aromatic N) is 2. The van der Waals surface area contributed by atoms with Crippen LogP contribution < -0.4 is 10.6 Å². The summed E-state index contributed by atoms with van der Waals surface area (Å²) < 4.78 is 0.931. The summed E-state index contributed by atoms with van der Waals surface area (Å²) in [6.45, 7) is 0. The lowest BCUT2D eigenvalue weighted by Crippen LogP contribution is -2.12. The molecule has 2 N–H and O–H groups in total. The normalized spacial score (nSPS) is 12.6. The highest BCUT2D eigenvalue weighted by Crippen LogP contribution is 2.33. The summed E-state index contributed by atoms with van der Waals surface area (Å²) in [4.78, 5) is 21.0. The zero-order valence-electron chi connectivity index (χ0n) is 12.6. The van der Waals surface area contributed by atoms with Gasteiger partial charge in [-0.3, -0.25) is 4.79 Å². The first kappa shape index (κ1) is 14.8. The fraction of sp³-hybridized carbons (Fsp3) is 0.0556. The Morgan fingerprint density at radius 1 is 1.08 bits per heavy atom. The maximum atomic E-state index is 12.0. The molecule has 0 radical (unpaired) electrons. The van der Waals surface area contributed by atoms with E-state index in [1.165, 1.54) is 0 Å². The maximum Gasteiger partial charge on any atom is 0.228 e. The van der Waals surface area contributed by atoms with E-state index in [1.807, 2.05) is 48.5 Å². The largest absolute Gasteiger partial charge is 0.325 e. The van der Waals surface area contributed by atoms with E-state index in [2.05, 4.69) is 36.5 Å². The van der Waals surface area contributed by atoms with E-state index in [4.69, 9.17) is 0 Å². The molecule has 0 spiro atoms. The number of rotatable bonds is 2. The molecule has 0 unspecified atom stereocenters. The van der Waals surface area contributed by atoms with E-state index in [0.29, 0.717) is 5.95 Å². The van der Waals surface area contributed by atoms with Gasteiger partial charge in [0.2, 0.25) is 11.9 Å². The van der Waals surface area contributed by atoms with Crippen molar-refractivity contribution in [2.24, 2.45) is 0 Å². The van der Waals surface area contributed by atoms with Crippen LogP contribution in [0.25, 0.3) is 11.3 Å². The molecular weight excluding hydrogens is 368 g/mol. The topological polar surface area (TPSA) is 66.9 Å². The molecule has 3 aromatic rings. The van der Waals surface area contributed by atoms with Crippen LogP contribution in [0.4, 0.5) is 17.3 Å². The number of anilines is 3. The minimum atomic E-state index is -0.0590. The van der Waals surface area contributed by atoms with Gasteiger partial charge in [-0.1, -0.05) is 30.3 Å². The molecule has 1 aliphatic rings. The van der Waals surface area contributed by atoms with E-state index < -0.39 is 0 Å². The van der Waals surface area contributed by atoms with E-state index >= 15 is 0 Å². The zero-order valence-corrected chi connectivity index (χ0v) is 14.2. The van der Waals surface area contributed by atoms with Crippen LogP contribution in [0.2, 0.25) is 0 Å². The molecule has 0 bridgehead atoms. The molecule has 0 fully saturated rings. The third kappa shape index (κ3) is 2.76. The summed E-state index contributed by atoms with van der Waals surface area (Å²) in [6.07, 6.45) is 1.97. The van der Waals surface area contributed by atoms with Gasteiger partial charge < -0.3 is 10.6 Å². The zero-order chi connectivity index (χ0) is 16.5.